The van der Waals surface area contributed by atoms with Gasteiger partial charge in [-0.15, -0.1) is 0 Å². The normalized spacial score (nSPS) is 10.1. The van der Waals surface area contributed by atoms with Crippen LogP contribution in [-0.2, 0) is 16.0 Å². The van der Waals surface area contributed by atoms with Crippen molar-refractivity contribution in [3.05, 3.63) is 68.7 Å². The lowest BCUT2D eigenvalue weighted by molar-refractivity contribution is -0.384. The van der Waals surface area contributed by atoms with Crippen molar-refractivity contribution in [2.45, 2.75) is 6.42 Å². The molecular weight excluding hydrogens is 376 g/mol. The topological polar surface area (TPSA) is 108 Å². The number of nitrogens with one attached hydrogen (secondary N) is 1. The molecule has 1 amide bonds. The third-order valence-electron chi connectivity index (χ3n) is 3.62. The summed E-state index contributed by atoms with van der Waals surface area (Å²) < 4.78 is 10.1. The van der Waals surface area contributed by atoms with Crippen LogP contribution in [0.15, 0.2) is 42.5 Å². The molecule has 1 N–H and O–H groups in total. The SMILES string of the molecule is COc1ccccc1CCNC(=O)COC(=O)c1cc([N+](=O)[O-])ccc1Cl. The molecule has 2 aromatic carbocycles. The first-order valence-corrected chi connectivity index (χ1v) is 8.30. The maximum atomic E-state index is 12.0. The van der Waals surface area contributed by atoms with Crippen LogP contribution >= 0.6 is 11.6 Å². The summed E-state index contributed by atoms with van der Waals surface area (Å²) in [6, 6.07) is 10.8. The van der Waals surface area contributed by atoms with Gasteiger partial charge in [-0.1, -0.05) is 29.8 Å². The lowest BCUT2D eigenvalue weighted by Crippen LogP contribution is -2.30. The number of hydrogen-bond donors (Lipinski definition) is 1. The van der Waals surface area contributed by atoms with Gasteiger partial charge in [0.15, 0.2) is 6.61 Å². The highest BCUT2D eigenvalue weighted by Crippen LogP contribution is 2.22. The number of esters is 1. The Morgan fingerprint density at radius 1 is 1.22 bits per heavy atom. The molecule has 0 radical (unpaired) electrons. The Kier molecular flexibility index (Phi) is 7.13. The lowest BCUT2D eigenvalue weighted by Gasteiger charge is -2.09. The van der Waals surface area contributed by atoms with Gasteiger partial charge in [-0.3, -0.25) is 14.9 Å². The molecule has 0 unspecified atom stereocenters. The van der Waals surface area contributed by atoms with Crippen LogP contribution < -0.4 is 10.1 Å². The predicted octanol–water partition coefficient (Wildman–Crippen LogP) is 2.77. The number of halogens is 1. The Hall–Kier alpha value is -3.13. The van der Waals surface area contributed by atoms with Gasteiger partial charge in [0.1, 0.15) is 5.75 Å². The number of nitro benzene ring substituents is 1. The van der Waals surface area contributed by atoms with Gasteiger partial charge in [0, 0.05) is 18.7 Å². The zero-order chi connectivity index (χ0) is 19.8. The number of ether oxygens (including phenoxy) is 2. The van der Waals surface area contributed by atoms with E-state index in [1.165, 1.54) is 12.1 Å². The first-order chi connectivity index (χ1) is 12.9. The molecule has 0 fully saturated rings. The fraction of sp³-hybridized carbons (Fsp3) is 0.222. The number of carbonyl (C=O) groups is 2. The van der Waals surface area contributed by atoms with E-state index in [1.807, 2.05) is 24.3 Å². The fourth-order valence-corrected chi connectivity index (χ4v) is 2.48. The van der Waals surface area contributed by atoms with Gasteiger partial charge in [-0.2, -0.15) is 0 Å². The highest BCUT2D eigenvalue weighted by atomic mass is 35.5. The van der Waals surface area contributed by atoms with Gasteiger partial charge >= 0.3 is 5.97 Å². The van der Waals surface area contributed by atoms with E-state index in [0.29, 0.717) is 13.0 Å². The van der Waals surface area contributed by atoms with Crippen LogP contribution in [0.5, 0.6) is 5.75 Å². The van der Waals surface area contributed by atoms with E-state index < -0.39 is 23.4 Å². The van der Waals surface area contributed by atoms with Crippen molar-refractivity contribution in [2.75, 3.05) is 20.3 Å². The van der Waals surface area contributed by atoms with Gasteiger partial charge in [-0.25, -0.2) is 4.79 Å². The van der Waals surface area contributed by atoms with E-state index in [2.05, 4.69) is 5.32 Å². The molecule has 0 spiro atoms. The molecule has 142 valence electrons. The first-order valence-electron chi connectivity index (χ1n) is 7.92. The number of carbonyl (C=O) groups excluding carboxylic acids is 2. The second-order valence-corrected chi connectivity index (χ2v) is 5.82. The molecular formula is C18H17ClN2O6. The van der Waals surface area contributed by atoms with E-state index in [1.54, 1.807) is 7.11 Å². The zero-order valence-electron chi connectivity index (χ0n) is 14.4. The highest BCUT2D eigenvalue weighted by Gasteiger charge is 2.18. The minimum Gasteiger partial charge on any atom is -0.496 e. The molecule has 0 atom stereocenters. The van der Waals surface area contributed by atoms with Crippen LogP contribution in [0, 0.1) is 10.1 Å². The summed E-state index contributed by atoms with van der Waals surface area (Å²) in [4.78, 5) is 33.9. The van der Waals surface area contributed by atoms with Crippen molar-refractivity contribution in [1.29, 1.82) is 0 Å². The van der Waals surface area contributed by atoms with Crippen LogP contribution in [-0.4, -0.2) is 37.1 Å². The minimum absolute atomic E-state index is 0.00202. The summed E-state index contributed by atoms with van der Waals surface area (Å²) in [7, 11) is 1.57. The molecule has 0 saturated heterocycles. The Morgan fingerprint density at radius 3 is 2.67 bits per heavy atom. The number of benzene rings is 2. The number of rotatable bonds is 8. The summed E-state index contributed by atoms with van der Waals surface area (Å²) in [5.41, 5.74) is 0.459. The Morgan fingerprint density at radius 2 is 1.96 bits per heavy atom. The summed E-state index contributed by atoms with van der Waals surface area (Å²) >= 11 is 5.86. The van der Waals surface area contributed by atoms with Gasteiger partial charge in [0.05, 0.1) is 22.6 Å². The number of non-ortho nitro benzene ring substituents is 1. The Labute approximate surface area is 160 Å². The third-order valence-corrected chi connectivity index (χ3v) is 3.95. The minimum atomic E-state index is -0.913. The number of nitro groups is 1. The van der Waals surface area contributed by atoms with Crippen molar-refractivity contribution in [1.82, 2.24) is 5.32 Å². The summed E-state index contributed by atoms with van der Waals surface area (Å²) in [6.45, 7) is -0.196. The molecule has 2 rings (SSSR count). The molecule has 0 bridgehead atoms. The van der Waals surface area contributed by atoms with E-state index >= 15 is 0 Å². The molecule has 8 nitrogen and oxygen atoms in total. The van der Waals surface area contributed by atoms with Gasteiger partial charge in [0.2, 0.25) is 0 Å². The van der Waals surface area contributed by atoms with Crippen molar-refractivity contribution < 1.29 is 24.0 Å². The number of para-hydroxylation sites is 1. The summed E-state index contributed by atoms with van der Waals surface area (Å²) in [5.74, 6) is -0.693. The molecule has 0 saturated carbocycles. The first kappa shape index (κ1) is 20.2. The van der Waals surface area contributed by atoms with Crippen LogP contribution in [0.3, 0.4) is 0 Å². The van der Waals surface area contributed by atoms with E-state index in [-0.39, 0.29) is 16.3 Å². The number of methoxy groups -OCH3 is 1. The number of hydrogen-bond acceptors (Lipinski definition) is 6. The van der Waals surface area contributed by atoms with Crippen LogP contribution in [0.25, 0.3) is 0 Å². The standard InChI is InChI=1S/C18H17ClN2O6/c1-26-16-5-3-2-4-12(16)8-9-20-17(22)11-27-18(23)14-10-13(21(24)25)6-7-15(14)19/h2-7,10H,8-9,11H2,1H3,(H,20,22). The van der Waals surface area contributed by atoms with Crippen molar-refractivity contribution in [3.8, 4) is 5.75 Å². The van der Waals surface area contributed by atoms with Gasteiger partial charge in [0.25, 0.3) is 11.6 Å². The van der Waals surface area contributed by atoms with Crippen LogP contribution in [0.4, 0.5) is 5.69 Å². The molecule has 0 aliphatic carbocycles. The number of nitrogens with zero attached hydrogens (tertiary/aromatic N) is 1. The average Bonchev–Trinajstić information content (AvgIpc) is 2.66. The van der Waals surface area contributed by atoms with Crippen molar-refractivity contribution in [3.63, 3.8) is 0 Å². The van der Waals surface area contributed by atoms with Crippen LogP contribution in [0.1, 0.15) is 15.9 Å². The maximum absolute atomic E-state index is 12.0. The second kappa shape index (κ2) is 9.54. The highest BCUT2D eigenvalue weighted by molar-refractivity contribution is 6.33. The summed E-state index contributed by atoms with van der Waals surface area (Å²) in [6.07, 6.45) is 0.542. The quantitative estimate of drug-likeness (QED) is 0.420. The maximum Gasteiger partial charge on any atom is 0.340 e. The lowest BCUT2D eigenvalue weighted by atomic mass is 10.1. The van der Waals surface area contributed by atoms with Gasteiger partial charge < -0.3 is 14.8 Å². The van der Waals surface area contributed by atoms with E-state index in [0.717, 1.165) is 17.4 Å². The van der Waals surface area contributed by atoms with Gasteiger partial charge in [-0.05, 0) is 24.1 Å². The smallest absolute Gasteiger partial charge is 0.340 e. The average molecular weight is 393 g/mol. The molecule has 2 aromatic rings. The molecule has 0 aliphatic heterocycles. The second-order valence-electron chi connectivity index (χ2n) is 5.41. The van der Waals surface area contributed by atoms with Crippen molar-refractivity contribution in [2.24, 2.45) is 0 Å². The zero-order valence-corrected chi connectivity index (χ0v) is 15.2. The third kappa shape index (κ3) is 5.68. The predicted molar refractivity (Wildman–Crippen MR) is 98.1 cm³/mol. The Balaban J connectivity index is 1.84. The van der Waals surface area contributed by atoms with Crippen molar-refractivity contribution >= 4 is 29.2 Å². The van der Waals surface area contributed by atoms with Crippen LogP contribution in [0.2, 0.25) is 5.02 Å². The largest absolute Gasteiger partial charge is 0.496 e. The molecule has 27 heavy (non-hydrogen) atoms. The monoisotopic (exact) mass is 392 g/mol. The van der Waals surface area contributed by atoms with E-state index in [9.17, 15) is 19.7 Å². The molecule has 9 heteroatoms. The fourth-order valence-electron chi connectivity index (χ4n) is 2.29. The number of amides is 1. The van der Waals surface area contributed by atoms with E-state index in [4.69, 9.17) is 21.1 Å². The molecule has 0 aromatic heterocycles. The Bertz CT molecular complexity index is 855. The molecule has 0 heterocycles. The summed E-state index contributed by atoms with van der Waals surface area (Å²) in [5, 5.41) is 13.4. The molecule has 0 aliphatic rings.